The third-order valence-corrected chi connectivity index (χ3v) is 4.27. The van der Waals surface area contributed by atoms with Crippen molar-refractivity contribution in [3.63, 3.8) is 0 Å². The molecule has 2 saturated heterocycles. The average Bonchev–Trinajstić information content (AvgIpc) is 2.95. The van der Waals surface area contributed by atoms with Crippen molar-refractivity contribution in [3.05, 3.63) is 11.6 Å². The molecule has 0 aromatic heterocycles. The number of carbonyl (C=O) groups excluding carboxylic acids is 1. The Morgan fingerprint density at radius 1 is 1.30 bits per heavy atom. The number of morpholine rings is 1. The normalized spacial score (nSPS) is 28.7. The van der Waals surface area contributed by atoms with Crippen LogP contribution in [0.15, 0.2) is 11.6 Å². The van der Waals surface area contributed by atoms with E-state index in [1.165, 1.54) is 5.57 Å². The van der Waals surface area contributed by atoms with E-state index in [0.717, 1.165) is 19.3 Å². The van der Waals surface area contributed by atoms with Gasteiger partial charge in [-0.15, -0.1) is 0 Å². The topological polar surface area (TPSA) is 57.2 Å². The van der Waals surface area contributed by atoms with Gasteiger partial charge in [-0.3, -0.25) is 4.90 Å². The molecule has 2 unspecified atom stereocenters. The lowest BCUT2D eigenvalue weighted by molar-refractivity contribution is -0.0569. The Morgan fingerprint density at radius 2 is 2.04 bits per heavy atom. The lowest BCUT2D eigenvalue weighted by Crippen LogP contribution is -2.57. The predicted octanol–water partition coefficient (Wildman–Crippen LogP) is 2.47. The third-order valence-electron chi connectivity index (χ3n) is 4.27. The maximum Gasteiger partial charge on any atom is 0.411 e. The van der Waals surface area contributed by atoms with Crippen molar-refractivity contribution in [3.8, 4) is 0 Å². The number of amides is 1. The molecule has 6 nitrogen and oxygen atoms in total. The van der Waals surface area contributed by atoms with Crippen LogP contribution in [0.25, 0.3) is 0 Å². The van der Waals surface area contributed by atoms with Crippen molar-refractivity contribution in [1.82, 2.24) is 4.90 Å². The molecule has 130 valence electrons. The van der Waals surface area contributed by atoms with Crippen molar-refractivity contribution in [2.24, 2.45) is 0 Å². The Kier molecular flexibility index (Phi) is 4.94. The van der Waals surface area contributed by atoms with E-state index in [2.05, 4.69) is 6.08 Å². The summed E-state index contributed by atoms with van der Waals surface area (Å²) in [7, 11) is 0. The van der Waals surface area contributed by atoms with Crippen LogP contribution in [0.4, 0.5) is 4.79 Å². The highest BCUT2D eigenvalue weighted by molar-refractivity contribution is 5.70. The molecule has 2 atom stereocenters. The largest absolute Gasteiger partial charge is 0.444 e. The zero-order chi connectivity index (χ0) is 16.4. The molecular weight excluding hydrogens is 298 g/mol. The minimum absolute atomic E-state index is 0.0298. The summed E-state index contributed by atoms with van der Waals surface area (Å²) >= 11 is 0. The number of carbonyl (C=O) groups is 1. The molecule has 3 rings (SSSR count). The average molecular weight is 325 g/mol. The van der Waals surface area contributed by atoms with Crippen LogP contribution in [0.2, 0.25) is 0 Å². The van der Waals surface area contributed by atoms with Gasteiger partial charge in [-0.2, -0.15) is 0 Å². The van der Waals surface area contributed by atoms with Crippen LogP contribution in [-0.4, -0.2) is 61.4 Å². The van der Waals surface area contributed by atoms with Gasteiger partial charge in [-0.05, 0) is 33.6 Å². The van der Waals surface area contributed by atoms with Crippen molar-refractivity contribution >= 4 is 6.09 Å². The molecule has 0 spiro atoms. The zero-order valence-corrected chi connectivity index (χ0v) is 14.2. The van der Waals surface area contributed by atoms with Crippen LogP contribution < -0.4 is 0 Å². The van der Waals surface area contributed by atoms with Gasteiger partial charge in [-0.25, -0.2) is 4.79 Å². The van der Waals surface area contributed by atoms with Crippen molar-refractivity contribution in [1.29, 1.82) is 0 Å². The molecular formula is C17H27NO5. The Hall–Kier alpha value is -1.11. The highest BCUT2D eigenvalue weighted by Crippen LogP contribution is 2.31. The van der Waals surface area contributed by atoms with Crippen LogP contribution in [0.1, 0.15) is 40.0 Å². The first kappa shape index (κ1) is 16.7. The minimum atomic E-state index is -0.479. The Labute approximate surface area is 137 Å². The molecule has 0 N–H and O–H groups in total. The lowest BCUT2D eigenvalue weighted by Gasteiger charge is -2.44. The first-order valence-electron chi connectivity index (χ1n) is 8.44. The number of hydrogen-bond acceptors (Lipinski definition) is 5. The van der Waals surface area contributed by atoms with E-state index in [1.54, 1.807) is 0 Å². The molecule has 0 aromatic rings. The van der Waals surface area contributed by atoms with Crippen LogP contribution >= 0.6 is 0 Å². The first-order chi connectivity index (χ1) is 10.9. The lowest BCUT2D eigenvalue weighted by atomic mass is 9.92. The summed E-state index contributed by atoms with van der Waals surface area (Å²) < 4.78 is 22.2. The summed E-state index contributed by atoms with van der Waals surface area (Å²) in [6, 6.07) is 0.0341. The standard InChI is InChI=1S/C17H27NO5/c1-17(2,3)23-16(19)18-13-8-12(9-14(18)11-20-10-13)4-5-15-21-6-7-22-15/h8,13-15H,4-7,9-11H2,1-3H3. The minimum Gasteiger partial charge on any atom is -0.444 e. The van der Waals surface area contributed by atoms with Crippen LogP contribution in [0.5, 0.6) is 0 Å². The molecule has 1 amide bonds. The van der Waals surface area contributed by atoms with Gasteiger partial charge in [-0.1, -0.05) is 11.6 Å². The molecule has 0 saturated carbocycles. The van der Waals surface area contributed by atoms with E-state index in [0.29, 0.717) is 26.4 Å². The van der Waals surface area contributed by atoms with Gasteiger partial charge < -0.3 is 18.9 Å². The molecule has 2 fully saturated rings. The molecule has 23 heavy (non-hydrogen) atoms. The fourth-order valence-corrected chi connectivity index (χ4v) is 3.35. The molecule has 0 radical (unpaired) electrons. The SMILES string of the molecule is CC(C)(C)OC(=O)N1C2C=C(CCC3OCCO3)CC1COC2. The van der Waals surface area contributed by atoms with Gasteiger partial charge in [0.2, 0.25) is 0 Å². The number of rotatable bonds is 3. The fourth-order valence-electron chi connectivity index (χ4n) is 3.35. The Balaban J connectivity index is 1.62. The number of hydrogen-bond donors (Lipinski definition) is 0. The van der Waals surface area contributed by atoms with E-state index in [9.17, 15) is 4.79 Å². The fraction of sp³-hybridized carbons (Fsp3) is 0.824. The second-order valence-corrected chi connectivity index (χ2v) is 7.39. The van der Waals surface area contributed by atoms with Crippen molar-refractivity contribution < 1.29 is 23.7 Å². The molecule has 0 aliphatic carbocycles. The summed E-state index contributed by atoms with van der Waals surface area (Å²) in [5, 5.41) is 0. The molecule has 3 aliphatic rings. The van der Waals surface area contributed by atoms with E-state index in [4.69, 9.17) is 18.9 Å². The quantitative estimate of drug-likeness (QED) is 0.746. The maximum atomic E-state index is 12.5. The smallest absolute Gasteiger partial charge is 0.411 e. The highest BCUT2D eigenvalue weighted by atomic mass is 16.7. The highest BCUT2D eigenvalue weighted by Gasteiger charge is 2.39. The maximum absolute atomic E-state index is 12.5. The summed E-state index contributed by atoms with van der Waals surface area (Å²) in [6.07, 6.45) is 4.50. The van der Waals surface area contributed by atoms with E-state index in [1.807, 2.05) is 25.7 Å². The molecule has 2 bridgehead atoms. The van der Waals surface area contributed by atoms with Crippen LogP contribution in [0, 0.1) is 0 Å². The Morgan fingerprint density at radius 3 is 2.70 bits per heavy atom. The predicted molar refractivity (Wildman–Crippen MR) is 84.1 cm³/mol. The van der Waals surface area contributed by atoms with E-state index in [-0.39, 0.29) is 24.5 Å². The summed E-state index contributed by atoms with van der Waals surface area (Å²) in [4.78, 5) is 14.3. The van der Waals surface area contributed by atoms with Gasteiger partial charge in [0.1, 0.15) is 5.60 Å². The van der Waals surface area contributed by atoms with Crippen LogP contribution in [-0.2, 0) is 18.9 Å². The van der Waals surface area contributed by atoms with Gasteiger partial charge in [0.05, 0.1) is 38.5 Å². The monoisotopic (exact) mass is 325 g/mol. The van der Waals surface area contributed by atoms with Gasteiger partial charge >= 0.3 is 6.09 Å². The zero-order valence-electron chi connectivity index (χ0n) is 14.2. The summed E-state index contributed by atoms with van der Waals surface area (Å²) in [6.45, 7) is 8.17. The number of ether oxygens (including phenoxy) is 4. The number of nitrogens with zero attached hydrogens (tertiary/aromatic N) is 1. The summed E-state index contributed by atoms with van der Waals surface area (Å²) in [5.74, 6) is 0. The van der Waals surface area contributed by atoms with E-state index < -0.39 is 5.60 Å². The van der Waals surface area contributed by atoms with E-state index >= 15 is 0 Å². The third kappa shape index (κ3) is 4.25. The second kappa shape index (κ2) is 6.79. The van der Waals surface area contributed by atoms with Gasteiger partial charge in [0.15, 0.2) is 6.29 Å². The molecule has 0 aromatic carbocycles. The molecule has 3 heterocycles. The van der Waals surface area contributed by atoms with Crippen LogP contribution in [0.3, 0.4) is 0 Å². The van der Waals surface area contributed by atoms with Crippen molar-refractivity contribution in [2.45, 2.75) is 64.0 Å². The second-order valence-electron chi connectivity index (χ2n) is 7.39. The molecule has 3 aliphatic heterocycles. The summed E-state index contributed by atoms with van der Waals surface area (Å²) in [5.41, 5.74) is 0.884. The van der Waals surface area contributed by atoms with Gasteiger partial charge in [0.25, 0.3) is 0 Å². The van der Waals surface area contributed by atoms with Gasteiger partial charge in [0, 0.05) is 6.42 Å². The first-order valence-corrected chi connectivity index (χ1v) is 8.44. The number of fused-ring (bicyclic) bond motifs is 2. The molecule has 6 heteroatoms. The Bertz CT molecular complexity index is 464. The van der Waals surface area contributed by atoms with Crippen molar-refractivity contribution in [2.75, 3.05) is 26.4 Å².